The van der Waals surface area contributed by atoms with E-state index in [0.717, 1.165) is 35.8 Å². The molecular weight excluding hydrogens is 396 g/mol. The number of aryl methyl sites for hydroxylation is 4. The summed E-state index contributed by atoms with van der Waals surface area (Å²) in [6.07, 6.45) is 5.77. The topological polar surface area (TPSA) is 66.5 Å². The van der Waals surface area contributed by atoms with Crippen LogP contribution in [-0.2, 0) is 27.7 Å². The molecule has 0 fully saturated rings. The van der Waals surface area contributed by atoms with Crippen molar-refractivity contribution in [2.75, 3.05) is 10.6 Å². The molecule has 0 aliphatic heterocycles. The van der Waals surface area contributed by atoms with Gasteiger partial charge >= 0.3 is 0 Å². The molecule has 0 heterocycles. The third kappa shape index (κ3) is 4.86. The van der Waals surface area contributed by atoms with E-state index in [1.54, 1.807) is 13.0 Å². The Balaban J connectivity index is 1.80. The Morgan fingerprint density at radius 2 is 1.63 bits per heavy atom. The van der Waals surface area contributed by atoms with Gasteiger partial charge in [-0.05, 0) is 93.3 Å². The summed E-state index contributed by atoms with van der Waals surface area (Å²) < 4.78 is 26.3. The Labute approximate surface area is 180 Å². The number of hydrogen-bond donors (Lipinski definition) is 1. The number of carbonyl (C=O) groups excluding carboxylic acids is 1. The normalized spacial score (nSPS) is 15.8. The van der Waals surface area contributed by atoms with Crippen LogP contribution in [-0.4, -0.2) is 26.6 Å². The van der Waals surface area contributed by atoms with Gasteiger partial charge in [0.15, 0.2) is 0 Å². The Kier molecular flexibility index (Phi) is 6.56. The molecule has 2 aromatic rings. The summed E-state index contributed by atoms with van der Waals surface area (Å²) in [6.45, 7) is 7.48. The van der Waals surface area contributed by atoms with Gasteiger partial charge in [-0.2, -0.15) is 0 Å². The predicted octanol–water partition coefficient (Wildman–Crippen LogP) is 4.21. The van der Waals surface area contributed by atoms with E-state index in [9.17, 15) is 13.2 Å². The zero-order chi connectivity index (χ0) is 22.1. The zero-order valence-electron chi connectivity index (χ0n) is 18.5. The molecule has 162 valence electrons. The van der Waals surface area contributed by atoms with Gasteiger partial charge in [0.05, 0.1) is 18.0 Å². The second kappa shape index (κ2) is 8.80. The summed E-state index contributed by atoms with van der Waals surface area (Å²) in [5.41, 5.74) is 6.37. The molecule has 0 saturated heterocycles. The molecule has 0 bridgehead atoms. The van der Waals surface area contributed by atoms with Crippen LogP contribution >= 0.6 is 0 Å². The van der Waals surface area contributed by atoms with Crippen LogP contribution in [0, 0.1) is 13.8 Å². The van der Waals surface area contributed by atoms with Crippen LogP contribution in [0.5, 0.6) is 0 Å². The minimum Gasteiger partial charge on any atom is -0.348 e. The Bertz CT molecular complexity index is 1050. The first-order chi connectivity index (χ1) is 14.1. The van der Waals surface area contributed by atoms with Crippen LogP contribution < -0.4 is 9.62 Å². The van der Waals surface area contributed by atoms with Gasteiger partial charge in [0.2, 0.25) is 15.9 Å². The first-order valence-corrected chi connectivity index (χ1v) is 12.4. The lowest BCUT2D eigenvalue weighted by atomic mass is 9.89. The van der Waals surface area contributed by atoms with E-state index >= 15 is 0 Å². The predicted molar refractivity (Wildman–Crippen MR) is 122 cm³/mol. The molecule has 2 aromatic carbocycles. The summed E-state index contributed by atoms with van der Waals surface area (Å²) in [5.74, 6) is -0.316. The molecule has 0 unspecified atom stereocenters. The molecule has 1 aliphatic carbocycles. The highest BCUT2D eigenvalue weighted by Crippen LogP contribution is 2.26. The molecule has 5 nitrogen and oxygen atoms in total. The number of hydrogen-bond acceptors (Lipinski definition) is 3. The van der Waals surface area contributed by atoms with Crippen molar-refractivity contribution in [1.29, 1.82) is 0 Å². The summed E-state index contributed by atoms with van der Waals surface area (Å²) in [5, 5.41) is 3.01. The molecule has 0 spiro atoms. The van der Waals surface area contributed by atoms with Gasteiger partial charge in [-0.25, -0.2) is 8.42 Å². The molecule has 30 heavy (non-hydrogen) atoms. The van der Waals surface area contributed by atoms with Crippen molar-refractivity contribution in [3.8, 4) is 0 Å². The third-order valence-electron chi connectivity index (χ3n) is 6.06. The second-order valence-electron chi connectivity index (χ2n) is 8.47. The average Bonchev–Trinajstić information content (AvgIpc) is 2.69. The second-order valence-corrected chi connectivity index (χ2v) is 10.3. The van der Waals surface area contributed by atoms with E-state index in [1.807, 2.05) is 32.9 Å². The minimum absolute atomic E-state index is 0.201. The van der Waals surface area contributed by atoms with Gasteiger partial charge in [-0.3, -0.25) is 9.10 Å². The van der Waals surface area contributed by atoms with Gasteiger partial charge in [0.1, 0.15) is 6.04 Å². The van der Waals surface area contributed by atoms with Crippen molar-refractivity contribution >= 4 is 21.6 Å². The average molecular weight is 429 g/mol. The van der Waals surface area contributed by atoms with Gasteiger partial charge in [0.25, 0.3) is 0 Å². The summed E-state index contributed by atoms with van der Waals surface area (Å²) in [4.78, 5) is 13.0. The number of fused-ring (bicyclic) bond motifs is 1. The van der Waals surface area contributed by atoms with Crippen molar-refractivity contribution < 1.29 is 13.2 Å². The fourth-order valence-electron chi connectivity index (χ4n) is 4.11. The fraction of sp³-hybridized carbons (Fsp3) is 0.458. The largest absolute Gasteiger partial charge is 0.348 e. The standard InChI is InChI=1S/C24H32N2O3S/c1-16-10-13-23(14-17(16)2)26(30(5,28)29)19(4)24(27)25-18(3)21-12-11-20-8-6-7-9-22(20)15-21/h10-15,18-19H,6-9H2,1-5H3,(H,25,27)/t18-,19-/m1/s1. The lowest BCUT2D eigenvalue weighted by molar-refractivity contribution is -0.122. The quantitative estimate of drug-likeness (QED) is 0.749. The van der Waals surface area contributed by atoms with E-state index in [-0.39, 0.29) is 11.9 Å². The van der Waals surface area contributed by atoms with Gasteiger partial charge in [-0.1, -0.05) is 24.3 Å². The Morgan fingerprint density at radius 3 is 2.27 bits per heavy atom. The van der Waals surface area contributed by atoms with Gasteiger partial charge in [0, 0.05) is 0 Å². The molecule has 6 heteroatoms. The molecule has 1 N–H and O–H groups in total. The molecule has 0 aromatic heterocycles. The molecule has 3 rings (SSSR count). The lowest BCUT2D eigenvalue weighted by Gasteiger charge is -2.30. The summed E-state index contributed by atoms with van der Waals surface area (Å²) in [6, 6.07) is 10.8. The Hall–Kier alpha value is -2.34. The van der Waals surface area contributed by atoms with Gasteiger partial charge < -0.3 is 5.32 Å². The van der Waals surface area contributed by atoms with E-state index in [4.69, 9.17) is 0 Å². The lowest BCUT2D eigenvalue weighted by Crippen LogP contribution is -2.48. The summed E-state index contributed by atoms with van der Waals surface area (Å²) >= 11 is 0. The minimum atomic E-state index is -3.63. The van der Waals surface area contributed by atoms with Crippen LogP contribution in [0.25, 0.3) is 0 Å². The van der Waals surface area contributed by atoms with Crippen LogP contribution in [0.15, 0.2) is 36.4 Å². The van der Waals surface area contributed by atoms with E-state index in [2.05, 4.69) is 23.5 Å². The van der Waals surface area contributed by atoms with Crippen LogP contribution in [0.2, 0.25) is 0 Å². The molecular formula is C24H32N2O3S. The first kappa shape index (κ1) is 22.3. The highest BCUT2D eigenvalue weighted by molar-refractivity contribution is 7.92. The molecule has 1 aliphatic rings. The number of nitrogens with zero attached hydrogens (tertiary/aromatic N) is 1. The number of carbonyl (C=O) groups is 1. The molecule has 1 amide bonds. The van der Waals surface area contributed by atoms with Crippen molar-refractivity contribution in [3.63, 3.8) is 0 Å². The van der Waals surface area contributed by atoms with E-state index in [0.29, 0.717) is 5.69 Å². The van der Waals surface area contributed by atoms with Crippen molar-refractivity contribution in [1.82, 2.24) is 5.32 Å². The van der Waals surface area contributed by atoms with Gasteiger partial charge in [-0.15, -0.1) is 0 Å². The zero-order valence-corrected chi connectivity index (χ0v) is 19.3. The molecule has 0 saturated carbocycles. The SMILES string of the molecule is Cc1ccc(N([C@H](C)C(=O)N[C@H](C)c2ccc3c(c2)CCCC3)S(C)(=O)=O)cc1C. The number of amides is 1. The van der Waals surface area contributed by atoms with Crippen LogP contribution in [0.1, 0.15) is 60.5 Å². The molecule has 2 atom stereocenters. The van der Waals surface area contributed by atoms with Crippen molar-refractivity contribution in [2.24, 2.45) is 0 Å². The number of benzene rings is 2. The van der Waals surface area contributed by atoms with Crippen molar-refractivity contribution in [2.45, 2.75) is 65.5 Å². The smallest absolute Gasteiger partial charge is 0.244 e. The number of nitrogens with one attached hydrogen (secondary N) is 1. The summed E-state index contributed by atoms with van der Waals surface area (Å²) in [7, 11) is -3.63. The maximum Gasteiger partial charge on any atom is 0.244 e. The highest BCUT2D eigenvalue weighted by atomic mass is 32.2. The molecule has 0 radical (unpaired) electrons. The maximum atomic E-state index is 13.0. The van der Waals surface area contributed by atoms with Crippen molar-refractivity contribution in [3.05, 3.63) is 64.2 Å². The number of sulfonamides is 1. The first-order valence-electron chi connectivity index (χ1n) is 10.6. The van der Waals surface area contributed by atoms with E-state index < -0.39 is 16.1 Å². The number of rotatable bonds is 6. The number of anilines is 1. The Morgan fingerprint density at radius 1 is 0.967 bits per heavy atom. The highest BCUT2D eigenvalue weighted by Gasteiger charge is 2.30. The third-order valence-corrected chi connectivity index (χ3v) is 7.31. The fourth-order valence-corrected chi connectivity index (χ4v) is 5.28. The maximum absolute atomic E-state index is 13.0. The monoisotopic (exact) mass is 428 g/mol. The van der Waals surface area contributed by atoms with E-state index in [1.165, 1.54) is 28.3 Å². The van der Waals surface area contributed by atoms with Crippen LogP contribution in [0.3, 0.4) is 0 Å². The van der Waals surface area contributed by atoms with Crippen LogP contribution in [0.4, 0.5) is 5.69 Å².